The number of hydrazine groups is 1. The molecule has 2 aromatic carbocycles. The normalized spacial score (nSPS) is 15.3. The van der Waals surface area contributed by atoms with Crippen molar-refractivity contribution in [2.24, 2.45) is 0 Å². The molecule has 4 rings (SSSR count). The minimum Gasteiger partial charge on any atom is -0.480 e. The highest BCUT2D eigenvalue weighted by Crippen LogP contribution is 2.28. The van der Waals surface area contributed by atoms with Crippen LogP contribution in [-0.4, -0.2) is 28.7 Å². The van der Waals surface area contributed by atoms with Crippen molar-refractivity contribution in [1.29, 1.82) is 0 Å². The van der Waals surface area contributed by atoms with Crippen LogP contribution in [-0.2, 0) is 16.0 Å². The highest BCUT2D eigenvalue weighted by Gasteiger charge is 2.28. The van der Waals surface area contributed by atoms with E-state index in [0.717, 1.165) is 22.8 Å². The molecule has 0 fully saturated rings. The van der Waals surface area contributed by atoms with Gasteiger partial charge in [0.2, 0.25) is 5.91 Å². The number of nitrogens with zero attached hydrogens (tertiary/aromatic N) is 1. The molecule has 0 unspecified atom stereocenters. The van der Waals surface area contributed by atoms with Gasteiger partial charge in [0, 0.05) is 6.42 Å². The third-order valence-corrected chi connectivity index (χ3v) is 4.69. The van der Waals surface area contributed by atoms with E-state index in [1.165, 1.54) is 0 Å². The first-order valence-corrected chi connectivity index (χ1v) is 8.99. The zero-order chi connectivity index (χ0) is 17.9. The van der Waals surface area contributed by atoms with Crippen LogP contribution in [0.15, 0.2) is 58.2 Å². The number of oxazole rings is 1. The van der Waals surface area contributed by atoms with E-state index in [9.17, 15) is 9.59 Å². The molecular weight excluding hydrogens is 354 g/mol. The van der Waals surface area contributed by atoms with Crippen molar-refractivity contribution in [3.8, 4) is 5.75 Å². The van der Waals surface area contributed by atoms with Crippen LogP contribution >= 0.6 is 11.8 Å². The number of hydrogen-bond donors (Lipinski definition) is 2. The largest absolute Gasteiger partial charge is 0.480 e. The van der Waals surface area contributed by atoms with Crippen LogP contribution in [0.2, 0.25) is 0 Å². The smallest absolute Gasteiger partial charge is 0.279 e. The minimum atomic E-state index is -0.641. The number of hydrogen-bond acceptors (Lipinski definition) is 6. The Labute approximate surface area is 153 Å². The zero-order valence-electron chi connectivity index (χ0n) is 13.6. The first kappa shape index (κ1) is 16.5. The number of nitrogens with one attached hydrogen (secondary N) is 2. The molecule has 1 atom stereocenters. The molecule has 1 aromatic heterocycles. The fourth-order valence-electron chi connectivity index (χ4n) is 2.62. The highest BCUT2D eigenvalue weighted by molar-refractivity contribution is 7.99. The number of amides is 2. The van der Waals surface area contributed by atoms with Crippen molar-refractivity contribution in [2.45, 2.75) is 17.7 Å². The molecule has 26 heavy (non-hydrogen) atoms. The third-order valence-electron chi connectivity index (χ3n) is 3.87. The van der Waals surface area contributed by atoms with E-state index in [0.29, 0.717) is 23.0 Å². The molecule has 2 heterocycles. The predicted molar refractivity (Wildman–Crippen MR) is 95.6 cm³/mol. The molecule has 8 heteroatoms. The molecule has 2 N–H and O–H groups in total. The Morgan fingerprint density at radius 2 is 1.92 bits per heavy atom. The quantitative estimate of drug-likeness (QED) is 0.540. The lowest BCUT2D eigenvalue weighted by Gasteiger charge is -2.11. The SMILES string of the molecule is O=C(CSc1nc2ccccc2o1)NNC(=O)[C@@H]1Cc2ccccc2O1. The first-order chi connectivity index (χ1) is 12.7. The second-order valence-electron chi connectivity index (χ2n) is 5.69. The van der Waals surface area contributed by atoms with Crippen molar-refractivity contribution in [2.75, 3.05) is 5.75 Å². The average Bonchev–Trinajstić information content (AvgIpc) is 3.27. The number of fused-ring (bicyclic) bond motifs is 2. The van der Waals surface area contributed by atoms with Crippen LogP contribution in [0, 0.1) is 0 Å². The number of benzene rings is 2. The molecular formula is C18H15N3O4S. The van der Waals surface area contributed by atoms with Crippen LogP contribution < -0.4 is 15.6 Å². The summed E-state index contributed by atoms with van der Waals surface area (Å²) in [6.45, 7) is 0. The summed E-state index contributed by atoms with van der Waals surface area (Å²) < 4.78 is 11.1. The summed E-state index contributed by atoms with van der Waals surface area (Å²) in [5.74, 6) is 0.0202. The van der Waals surface area contributed by atoms with E-state index in [1.54, 1.807) is 0 Å². The van der Waals surface area contributed by atoms with E-state index < -0.39 is 6.10 Å². The molecule has 0 saturated heterocycles. The Balaban J connectivity index is 1.24. The lowest BCUT2D eigenvalue weighted by Crippen LogP contribution is -2.48. The molecule has 132 valence electrons. The molecule has 1 aliphatic heterocycles. The van der Waals surface area contributed by atoms with Gasteiger partial charge in [-0.3, -0.25) is 20.4 Å². The van der Waals surface area contributed by atoms with E-state index in [-0.39, 0.29) is 17.6 Å². The van der Waals surface area contributed by atoms with Gasteiger partial charge in [0.1, 0.15) is 11.3 Å². The van der Waals surface area contributed by atoms with Crippen LogP contribution in [0.25, 0.3) is 11.1 Å². The number of para-hydroxylation sites is 3. The average molecular weight is 369 g/mol. The highest BCUT2D eigenvalue weighted by atomic mass is 32.2. The minimum absolute atomic E-state index is 0.0683. The summed E-state index contributed by atoms with van der Waals surface area (Å²) in [6.07, 6.45) is -0.160. The third kappa shape index (κ3) is 3.50. The maximum atomic E-state index is 12.1. The monoisotopic (exact) mass is 369 g/mol. The van der Waals surface area contributed by atoms with Gasteiger partial charge in [-0.25, -0.2) is 4.98 Å². The van der Waals surface area contributed by atoms with Crippen molar-refractivity contribution < 1.29 is 18.7 Å². The Bertz CT molecular complexity index is 914. The zero-order valence-corrected chi connectivity index (χ0v) is 14.4. The van der Waals surface area contributed by atoms with Gasteiger partial charge in [0.25, 0.3) is 11.1 Å². The molecule has 0 aliphatic carbocycles. The summed E-state index contributed by atoms with van der Waals surface area (Å²) in [6, 6.07) is 14.8. The van der Waals surface area contributed by atoms with E-state index >= 15 is 0 Å². The number of aromatic nitrogens is 1. The molecule has 0 bridgehead atoms. The van der Waals surface area contributed by atoms with Gasteiger partial charge >= 0.3 is 0 Å². The van der Waals surface area contributed by atoms with Crippen molar-refractivity contribution >= 4 is 34.7 Å². The van der Waals surface area contributed by atoms with E-state index in [4.69, 9.17) is 9.15 Å². The Morgan fingerprint density at radius 3 is 2.77 bits per heavy atom. The second kappa shape index (κ2) is 7.09. The molecule has 2 amide bonds. The van der Waals surface area contributed by atoms with Crippen LogP contribution in [0.4, 0.5) is 0 Å². The van der Waals surface area contributed by atoms with Gasteiger partial charge in [-0.05, 0) is 23.8 Å². The van der Waals surface area contributed by atoms with Gasteiger partial charge in [0.15, 0.2) is 11.7 Å². The van der Waals surface area contributed by atoms with Crippen molar-refractivity contribution in [1.82, 2.24) is 15.8 Å². The standard InChI is InChI=1S/C18H15N3O4S/c22-16(10-26-18-19-12-6-2-4-8-14(12)25-18)20-21-17(23)15-9-11-5-1-3-7-13(11)24-15/h1-8,15H,9-10H2,(H,20,22)(H,21,23)/t15-/m0/s1. The summed E-state index contributed by atoms with van der Waals surface area (Å²) in [7, 11) is 0. The Hall–Kier alpha value is -3.00. The number of rotatable bonds is 4. The fraction of sp³-hybridized carbons (Fsp3) is 0.167. The van der Waals surface area contributed by atoms with Crippen molar-refractivity contribution in [3.05, 3.63) is 54.1 Å². The summed E-state index contributed by atoms with van der Waals surface area (Å²) in [5, 5.41) is 0.405. The van der Waals surface area contributed by atoms with Gasteiger partial charge in [-0.2, -0.15) is 0 Å². The molecule has 0 spiro atoms. The van der Waals surface area contributed by atoms with Gasteiger partial charge in [0.05, 0.1) is 5.75 Å². The van der Waals surface area contributed by atoms with Crippen LogP contribution in [0.5, 0.6) is 5.75 Å². The first-order valence-electron chi connectivity index (χ1n) is 8.01. The summed E-state index contributed by atoms with van der Waals surface area (Å²) in [5.41, 5.74) is 7.16. The lowest BCUT2D eigenvalue weighted by atomic mass is 10.1. The maximum Gasteiger partial charge on any atom is 0.279 e. The molecule has 7 nitrogen and oxygen atoms in total. The molecule has 3 aromatic rings. The van der Waals surface area contributed by atoms with Crippen LogP contribution in [0.1, 0.15) is 5.56 Å². The molecule has 1 aliphatic rings. The van der Waals surface area contributed by atoms with Gasteiger partial charge < -0.3 is 9.15 Å². The number of carbonyl (C=O) groups is 2. The maximum absolute atomic E-state index is 12.1. The predicted octanol–water partition coefficient (Wildman–Crippen LogP) is 2.07. The van der Waals surface area contributed by atoms with Gasteiger partial charge in [-0.1, -0.05) is 42.1 Å². The number of carbonyl (C=O) groups excluding carboxylic acids is 2. The van der Waals surface area contributed by atoms with E-state index in [1.807, 2.05) is 48.5 Å². The number of thioether (sulfide) groups is 1. The van der Waals surface area contributed by atoms with E-state index in [2.05, 4.69) is 15.8 Å². The topological polar surface area (TPSA) is 93.5 Å². The lowest BCUT2D eigenvalue weighted by molar-refractivity contribution is -0.131. The summed E-state index contributed by atoms with van der Waals surface area (Å²) in [4.78, 5) is 28.3. The Kier molecular flexibility index (Phi) is 4.49. The Morgan fingerprint density at radius 1 is 1.12 bits per heavy atom. The summed E-state index contributed by atoms with van der Waals surface area (Å²) >= 11 is 1.16. The second-order valence-corrected chi connectivity index (χ2v) is 6.62. The fourth-order valence-corrected chi connectivity index (χ4v) is 3.25. The van der Waals surface area contributed by atoms with Crippen LogP contribution in [0.3, 0.4) is 0 Å². The molecule has 0 saturated carbocycles. The van der Waals surface area contributed by atoms with Gasteiger partial charge in [-0.15, -0.1) is 0 Å². The molecule has 0 radical (unpaired) electrons. The van der Waals surface area contributed by atoms with Crippen molar-refractivity contribution in [3.63, 3.8) is 0 Å². The number of ether oxygens (including phenoxy) is 1.